The molecule has 0 bridgehead atoms. The van der Waals surface area contributed by atoms with Gasteiger partial charge in [-0.1, -0.05) is 48.5 Å². The zero-order valence-corrected chi connectivity index (χ0v) is 12.4. The second-order valence-corrected chi connectivity index (χ2v) is 5.65. The first-order chi connectivity index (χ1) is 9.45. The van der Waals surface area contributed by atoms with Gasteiger partial charge in [-0.2, -0.15) is 8.42 Å². The van der Waals surface area contributed by atoms with Crippen molar-refractivity contribution < 1.29 is 13.0 Å². The third-order valence-corrected chi connectivity index (χ3v) is 3.61. The third-order valence-electron chi connectivity index (χ3n) is 2.60. The Hall–Kier alpha value is -1.69. The second-order valence-electron chi connectivity index (χ2n) is 4.26. The summed E-state index contributed by atoms with van der Waals surface area (Å²) in [6.07, 6.45) is 0. The summed E-state index contributed by atoms with van der Waals surface area (Å²) in [6.45, 7) is 2.59. The van der Waals surface area contributed by atoms with Crippen LogP contribution >= 0.6 is 0 Å². The predicted octanol–water partition coefficient (Wildman–Crippen LogP) is 2.65. The Morgan fingerprint density at radius 3 is 2.00 bits per heavy atom. The van der Waals surface area contributed by atoms with E-state index in [1.165, 1.54) is 11.6 Å². The number of aryl methyl sites for hydroxylation is 1. The van der Waals surface area contributed by atoms with E-state index >= 15 is 0 Å². The van der Waals surface area contributed by atoms with Crippen molar-refractivity contribution in [1.82, 2.24) is 5.32 Å². The molecule has 0 fully saturated rings. The van der Waals surface area contributed by atoms with E-state index in [1.807, 2.05) is 25.2 Å². The molecule has 0 amide bonds. The SMILES string of the molecule is CNCc1ccccc1.Cc1ccccc1S(=O)(=O)O. The van der Waals surface area contributed by atoms with Crippen LogP contribution in [0.2, 0.25) is 0 Å². The van der Waals surface area contributed by atoms with Crippen LogP contribution in [0.1, 0.15) is 11.1 Å². The molecule has 4 nitrogen and oxygen atoms in total. The highest BCUT2D eigenvalue weighted by Crippen LogP contribution is 2.12. The molecule has 0 heterocycles. The molecule has 2 aromatic rings. The summed E-state index contributed by atoms with van der Waals surface area (Å²) in [5.74, 6) is 0. The first-order valence-electron chi connectivity index (χ1n) is 6.17. The van der Waals surface area contributed by atoms with Crippen LogP contribution in [0.15, 0.2) is 59.5 Å². The molecule has 0 aliphatic carbocycles. The van der Waals surface area contributed by atoms with Crippen LogP contribution in [0, 0.1) is 6.92 Å². The zero-order valence-electron chi connectivity index (χ0n) is 11.6. The van der Waals surface area contributed by atoms with E-state index in [-0.39, 0.29) is 4.90 Å². The number of rotatable bonds is 3. The van der Waals surface area contributed by atoms with Gasteiger partial charge in [0.05, 0.1) is 4.90 Å². The molecule has 0 saturated heterocycles. The van der Waals surface area contributed by atoms with E-state index in [2.05, 4.69) is 17.4 Å². The van der Waals surface area contributed by atoms with E-state index in [4.69, 9.17) is 4.55 Å². The number of nitrogens with one attached hydrogen (secondary N) is 1. The van der Waals surface area contributed by atoms with Crippen molar-refractivity contribution in [3.05, 3.63) is 65.7 Å². The van der Waals surface area contributed by atoms with Gasteiger partial charge in [0.25, 0.3) is 10.1 Å². The van der Waals surface area contributed by atoms with E-state index in [0.717, 1.165) is 6.54 Å². The van der Waals surface area contributed by atoms with Crippen LogP contribution in [-0.2, 0) is 16.7 Å². The number of benzene rings is 2. The minimum atomic E-state index is -4.03. The number of hydrogen-bond donors (Lipinski definition) is 2. The van der Waals surface area contributed by atoms with Gasteiger partial charge in [-0.05, 0) is 31.2 Å². The second kappa shape index (κ2) is 7.79. The van der Waals surface area contributed by atoms with Crippen molar-refractivity contribution in [3.8, 4) is 0 Å². The smallest absolute Gasteiger partial charge is 0.294 e. The summed E-state index contributed by atoms with van der Waals surface area (Å²) in [6, 6.07) is 16.6. The third kappa shape index (κ3) is 5.52. The Kier molecular flexibility index (Phi) is 6.38. The molecule has 108 valence electrons. The Morgan fingerprint density at radius 1 is 1.00 bits per heavy atom. The lowest BCUT2D eigenvalue weighted by Gasteiger charge is -1.99. The molecule has 5 heteroatoms. The molecule has 20 heavy (non-hydrogen) atoms. The molecule has 0 spiro atoms. The minimum Gasteiger partial charge on any atom is -0.316 e. The number of hydrogen-bond acceptors (Lipinski definition) is 3. The van der Waals surface area contributed by atoms with Crippen molar-refractivity contribution >= 4 is 10.1 Å². The highest BCUT2D eigenvalue weighted by molar-refractivity contribution is 7.85. The predicted molar refractivity (Wildman–Crippen MR) is 80.2 cm³/mol. The monoisotopic (exact) mass is 293 g/mol. The molecule has 2 aromatic carbocycles. The van der Waals surface area contributed by atoms with Gasteiger partial charge in [0, 0.05) is 6.54 Å². The molecule has 2 N–H and O–H groups in total. The van der Waals surface area contributed by atoms with Crippen molar-refractivity contribution in [2.75, 3.05) is 7.05 Å². The van der Waals surface area contributed by atoms with Crippen molar-refractivity contribution in [1.29, 1.82) is 0 Å². The van der Waals surface area contributed by atoms with Gasteiger partial charge in [-0.25, -0.2) is 0 Å². The maximum absolute atomic E-state index is 10.6. The molecule has 0 saturated carbocycles. The van der Waals surface area contributed by atoms with Crippen LogP contribution in [-0.4, -0.2) is 20.0 Å². The van der Waals surface area contributed by atoms with Gasteiger partial charge >= 0.3 is 0 Å². The van der Waals surface area contributed by atoms with Crippen LogP contribution < -0.4 is 5.32 Å². The summed E-state index contributed by atoms with van der Waals surface area (Å²) >= 11 is 0. The standard InChI is InChI=1S/C8H11N.C7H8O3S/c1-9-7-8-5-3-2-4-6-8;1-6-4-2-3-5-7(6)11(8,9)10/h2-6,9H,7H2,1H3;2-5H,1H3,(H,8,9,10). The fourth-order valence-electron chi connectivity index (χ4n) is 1.65. The summed E-state index contributed by atoms with van der Waals surface area (Å²) < 4.78 is 29.9. The zero-order chi connectivity index (χ0) is 15.0. The first-order valence-corrected chi connectivity index (χ1v) is 7.61. The Balaban J connectivity index is 0.000000204. The average molecular weight is 293 g/mol. The molecular weight excluding hydrogens is 274 g/mol. The summed E-state index contributed by atoms with van der Waals surface area (Å²) in [5, 5.41) is 3.08. The van der Waals surface area contributed by atoms with Gasteiger partial charge in [0.15, 0.2) is 0 Å². The molecule has 2 rings (SSSR count). The van der Waals surface area contributed by atoms with Gasteiger partial charge in [0.2, 0.25) is 0 Å². The highest BCUT2D eigenvalue weighted by atomic mass is 32.2. The van der Waals surface area contributed by atoms with Crippen molar-refractivity contribution in [2.24, 2.45) is 0 Å². The van der Waals surface area contributed by atoms with Crippen molar-refractivity contribution in [2.45, 2.75) is 18.4 Å². The van der Waals surface area contributed by atoms with E-state index in [0.29, 0.717) is 5.56 Å². The lowest BCUT2D eigenvalue weighted by Crippen LogP contribution is -2.04. The van der Waals surface area contributed by atoms with E-state index < -0.39 is 10.1 Å². The minimum absolute atomic E-state index is 0.0278. The normalized spacial score (nSPS) is 10.6. The molecule has 0 radical (unpaired) electrons. The van der Waals surface area contributed by atoms with Crippen LogP contribution in [0.5, 0.6) is 0 Å². The largest absolute Gasteiger partial charge is 0.316 e. The maximum Gasteiger partial charge on any atom is 0.294 e. The lowest BCUT2D eigenvalue weighted by molar-refractivity contribution is 0.482. The van der Waals surface area contributed by atoms with Crippen LogP contribution in [0.25, 0.3) is 0 Å². The summed E-state index contributed by atoms with van der Waals surface area (Å²) in [7, 11) is -2.08. The molecule has 0 aliphatic heterocycles. The molecule has 0 atom stereocenters. The molecule has 0 aromatic heterocycles. The average Bonchev–Trinajstić information content (AvgIpc) is 2.40. The quantitative estimate of drug-likeness (QED) is 0.854. The maximum atomic E-state index is 10.6. The van der Waals surface area contributed by atoms with Crippen LogP contribution in [0.3, 0.4) is 0 Å². The lowest BCUT2D eigenvalue weighted by atomic mass is 10.2. The highest BCUT2D eigenvalue weighted by Gasteiger charge is 2.10. The van der Waals surface area contributed by atoms with Gasteiger partial charge in [0.1, 0.15) is 0 Å². The van der Waals surface area contributed by atoms with Gasteiger partial charge in [-0.15, -0.1) is 0 Å². The Labute approximate surface area is 120 Å². The summed E-state index contributed by atoms with van der Waals surface area (Å²) in [4.78, 5) is -0.0278. The molecule has 0 aliphatic rings. The Morgan fingerprint density at radius 2 is 1.55 bits per heavy atom. The fourth-order valence-corrected chi connectivity index (χ4v) is 2.37. The molecular formula is C15H19NO3S. The van der Waals surface area contributed by atoms with Gasteiger partial charge in [-0.3, -0.25) is 4.55 Å². The van der Waals surface area contributed by atoms with Gasteiger partial charge < -0.3 is 5.32 Å². The van der Waals surface area contributed by atoms with E-state index in [1.54, 1.807) is 25.1 Å². The van der Waals surface area contributed by atoms with Crippen molar-refractivity contribution in [3.63, 3.8) is 0 Å². The first kappa shape index (κ1) is 16.4. The van der Waals surface area contributed by atoms with Crippen LogP contribution in [0.4, 0.5) is 0 Å². The van der Waals surface area contributed by atoms with E-state index in [9.17, 15) is 8.42 Å². The fraction of sp³-hybridized carbons (Fsp3) is 0.200. The topological polar surface area (TPSA) is 66.4 Å². The molecule has 0 unspecified atom stereocenters. The Bertz CT molecular complexity index is 625. The summed E-state index contributed by atoms with van der Waals surface area (Å²) in [5.41, 5.74) is 1.88.